The number of hydrogen-bond acceptors (Lipinski definition) is 5. The number of aryl methyl sites for hydroxylation is 2. The molecule has 2 atom stereocenters. The number of hydrogen-bond donors (Lipinski definition) is 0. The molecule has 2 aliphatic heterocycles. The number of fused-ring (bicyclic) bond motifs is 1. The minimum atomic E-state index is -0.0105. The molecule has 0 N–H and O–H groups in total. The van der Waals surface area contributed by atoms with Crippen LogP contribution in [-0.2, 0) is 11.2 Å². The van der Waals surface area contributed by atoms with E-state index in [0.29, 0.717) is 22.2 Å². The summed E-state index contributed by atoms with van der Waals surface area (Å²) in [4.78, 5) is 34.2. The maximum atomic E-state index is 13.5. The van der Waals surface area contributed by atoms with Crippen molar-refractivity contribution in [3.63, 3.8) is 0 Å². The lowest BCUT2D eigenvalue weighted by molar-refractivity contribution is -0.132. The molecular weight excluding hydrogens is 426 g/mol. The summed E-state index contributed by atoms with van der Waals surface area (Å²) in [6, 6.07) is 6.49. The number of carbonyl (C=O) groups is 1. The van der Waals surface area contributed by atoms with Gasteiger partial charge in [-0.3, -0.25) is 14.2 Å². The third-order valence-corrected chi connectivity index (χ3v) is 8.23. The maximum Gasteiger partial charge on any atom is 0.272 e. The van der Waals surface area contributed by atoms with Crippen molar-refractivity contribution in [1.29, 1.82) is 0 Å². The Morgan fingerprint density at radius 3 is 2.68 bits per heavy atom. The first-order valence-corrected chi connectivity index (χ1v) is 13.1. The lowest BCUT2D eigenvalue weighted by atomic mass is 10.0. The second kappa shape index (κ2) is 9.41. The summed E-state index contributed by atoms with van der Waals surface area (Å²) < 4.78 is 1.72. The number of amides is 1. The van der Waals surface area contributed by atoms with E-state index in [-0.39, 0.29) is 11.5 Å². The average Bonchev–Trinajstić information content (AvgIpc) is 3.11. The smallest absolute Gasteiger partial charge is 0.272 e. The predicted molar refractivity (Wildman–Crippen MR) is 129 cm³/mol. The van der Waals surface area contributed by atoms with Crippen molar-refractivity contribution >= 4 is 29.4 Å². The zero-order chi connectivity index (χ0) is 22.1. The van der Waals surface area contributed by atoms with Crippen molar-refractivity contribution < 1.29 is 4.79 Å². The molecule has 4 rings (SSSR count). The van der Waals surface area contributed by atoms with Crippen molar-refractivity contribution in [1.82, 2.24) is 14.5 Å². The Balaban J connectivity index is 1.68. The van der Waals surface area contributed by atoms with Gasteiger partial charge in [-0.05, 0) is 62.8 Å². The van der Waals surface area contributed by atoms with Crippen molar-refractivity contribution in [2.24, 2.45) is 0 Å². The first kappa shape index (κ1) is 22.5. The van der Waals surface area contributed by atoms with E-state index in [2.05, 4.69) is 19.9 Å². The van der Waals surface area contributed by atoms with E-state index in [0.717, 1.165) is 59.6 Å². The second-order valence-electron chi connectivity index (χ2n) is 8.72. The average molecular weight is 458 g/mol. The summed E-state index contributed by atoms with van der Waals surface area (Å²) in [6.07, 6.45) is 5.16. The molecule has 7 heteroatoms. The van der Waals surface area contributed by atoms with E-state index in [1.165, 1.54) is 18.2 Å². The number of aromatic nitrogens is 2. The van der Waals surface area contributed by atoms with Crippen LogP contribution in [0.25, 0.3) is 5.69 Å². The van der Waals surface area contributed by atoms with Gasteiger partial charge in [-0.25, -0.2) is 4.98 Å². The molecule has 2 aliphatic rings. The first-order chi connectivity index (χ1) is 14.9. The van der Waals surface area contributed by atoms with Gasteiger partial charge in [0.05, 0.1) is 22.0 Å². The topological polar surface area (TPSA) is 55.2 Å². The van der Waals surface area contributed by atoms with E-state index in [1.807, 2.05) is 30.9 Å². The standard InChI is InChI=1S/C24H31N3O2S2/c1-5-18-8-6-7-9-26(18)21(28)14-30-24-25-20-13-17(4)31-22(20)23(29)27(24)19-11-15(2)10-16(3)12-19/h10-12,17-18H,5-9,13-14H2,1-4H3. The number of thioether (sulfide) groups is 2. The van der Waals surface area contributed by atoms with E-state index in [9.17, 15) is 9.59 Å². The van der Waals surface area contributed by atoms with Crippen LogP contribution in [0.2, 0.25) is 0 Å². The third-order valence-electron chi connectivity index (χ3n) is 6.09. The highest BCUT2D eigenvalue weighted by Crippen LogP contribution is 2.35. The molecule has 1 fully saturated rings. The molecule has 2 unspecified atom stereocenters. The minimum absolute atomic E-state index is 0.0105. The van der Waals surface area contributed by atoms with Crippen LogP contribution < -0.4 is 5.56 Å². The molecule has 5 nitrogen and oxygen atoms in total. The Morgan fingerprint density at radius 2 is 1.97 bits per heavy atom. The third kappa shape index (κ3) is 4.72. The maximum absolute atomic E-state index is 13.5. The Hall–Kier alpha value is -1.73. The molecule has 0 saturated carbocycles. The molecule has 0 radical (unpaired) electrons. The highest BCUT2D eigenvalue weighted by atomic mass is 32.2. The first-order valence-electron chi connectivity index (χ1n) is 11.2. The lowest BCUT2D eigenvalue weighted by Gasteiger charge is -2.35. The summed E-state index contributed by atoms with van der Waals surface area (Å²) in [5.41, 5.74) is 3.91. The van der Waals surface area contributed by atoms with Crippen molar-refractivity contribution in [2.45, 2.75) is 81.1 Å². The quantitative estimate of drug-likeness (QED) is 0.478. The SMILES string of the molecule is CCC1CCCCN1C(=O)CSc1nc2c(c(=O)n1-c1cc(C)cc(C)c1)SC(C)C2. The minimum Gasteiger partial charge on any atom is -0.339 e. The van der Waals surface area contributed by atoms with Crippen LogP contribution in [0.1, 0.15) is 56.4 Å². The number of nitrogens with zero attached hydrogens (tertiary/aromatic N) is 3. The molecule has 31 heavy (non-hydrogen) atoms. The van der Waals surface area contributed by atoms with Crippen LogP contribution in [0, 0.1) is 13.8 Å². The number of rotatable bonds is 5. The molecule has 1 aromatic carbocycles. The molecule has 1 saturated heterocycles. The van der Waals surface area contributed by atoms with Crippen LogP contribution in [0.3, 0.4) is 0 Å². The summed E-state index contributed by atoms with van der Waals surface area (Å²) in [7, 11) is 0. The van der Waals surface area contributed by atoms with Crippen LogP contribution in [0.4, 0.5) is 0 Å². The van der Waals surface area contributed by atoms with E-state index in [4.69, 9.17) is 4.98 Å². The summed E-state index contributed by atoms with van der Waals surface area (Å²) in [6.45, 7) is 9.20. The van der Waals surface area contributed by atoms with Crippen LogP contribution in [-0.4, -0.2) is 43.9 Å². The van der Waals surface area contributed by atoms with E-state index in [1.54, 1.807) is 16.3 Å². The van der Waals surface area contributed by atoms with Gasteiger partial charge >= 0.3 is 0 Å². The molecule has 166 valence electrons. The van der Waals surface area contributed by atoms with Crippen molar-refractivity contribution in [3.8, 4) is 5.69 Å². The Bertz CT molecular complexity index is 1030. The van der Waals surface area contributed by atoms with Gasteiger partial charge < -0.3 is 4.90 Å². The monoisotopic (exact) mass is 457 g/mol. The summed E-state index contributed by atoms with van der Waals surface area (Å²) >= 11 is 3.01. The number of piperidine rings is 1. The van der Waals surface area contributed by atoms with Gasteiger partial charge in [0.15, 0.2) is 5.16 Å². The van der Waals surface area contributed by atoms with Gasteiger partial charge in [-0.15, -0.1) is 11.8 Å². The predicted octanol–water partition coefficient (Wildman–Crippen LogP) is 4.77. The molecule has 1 aromatic heterocycles. The van der Waals surface area contributed by atoms with Gasteiger partial charge in [-0.2, -0.15) is 0 Å². The highest BCUT2D eigenvalue weighted by Gasteiger charge is 2.29. The largest absolute Gasteiger partial charge is 0.339 e. The zero-order valence-electron chi connectivity index (χ0n) is 18.8. The highest BCUT2D eigenvalue weighted by molar-refractivity contribution is 8.00. The van der Waals surface area contributed by atoms with Gasteiger partial charge in [0.1, 0.15) is 0 Å². The Kier molecular flexibility index (Phi) is 6.82. The molecular formula is C24H31N3O2S2. The zero-order valence-corrected chi connectivity index (χ0v) is 20.4. The normalized spacial score (nSPS) is 20.7. The second-order valence-corrected chi connectivity index (χ2v) is 11.1. The van der Waals surface area contributed by atoms with Gasteiger partial charge in [-0.1, -0.05) is 31.7 Å². The fraction of sp³-hybridized carbons (Fsp3) is 0.542. The number of carbonyl (C=O) groups excluding carboxylic acids is 1. The summed E-state index contributed by atoms with van der Waals surface area (Å²) in [5, 5.41) is 0.977. The fourth-order valence-corrected chi connectivity index (χ4v) is 6.68. The summed E-state index contributed by atoms with van der Waals surface area (Å²) in [5.74, 6) is 0.468. The van der Waals surface area contributed by atoms with Crippen LogP contribution in [0.15, 0.2) is 33.0 Å². The molecule has 0 aliphatic carbocycles. The van der Waals surface area contributed by atoms with Crippen molar-refractivity contribution in [3.05, 3.63) is 45.4 Å². The van der Waals surface area contributed by atoms with Gasteiger partial charge in [0.25, 0.3) is 5.56 Å². The molecule has 1 amide bonds. The molecule has 2 aromatic rings. The Labute approximate surface area is 193 Å². The van der Waals surface area contributed by atoms with Crippen LogP contribution in [0.5, 0.6) is 0 Å². The Morgan fingerprint density at radius 1 is 1.23 bits per heavy atom. The number of likely N-dealkylation sites (tertiary alicyclic amines) is 1. The lowest BCUT2D eigenvalue weighted by Crippen LogP contribution is -2.44. The van der Waals surface area contributed by atoms with Crippen LogP contribution >= 0.6 is 23.5 Å². The number of benzene rings is 1. The molecule has 0 bridgehead atoms. The molecule has 0 spiro atoms. The molecule has 3 heterocycles. The van der Waals surface area contributed by atoms with Crippen molar-refractivity contribution in [2.75, 3.05) is 12.3 Å². The van der Waals surface area contributed by atoms with E-state index < -0.39 is 0 Å². The van der Waals surface area contributed by atoms with Gasteiger partial charge in [0, 0.05) is 24.3 Å². The van der Waals surface area contributed by atoms with E-state index >= 15 is 0 Å². The fourth-order valence-electron chi connectivity index (χ4n) is 4.67. The van der Waals surface area contributed by atoms with Gasteiger partial charge in [0.2, 0.25) is 5.91 Å².